The van der Waals surface area contributed by atoms with Crippen LogP contribution in [0.1, 0.15) is 20.3 Å². The highest BCUT2D eigenvalue weighted by atomic mass is 35.5. The van der Waals surface area contributed by atoms with Crippen LogP contribution in [0, 0.1) is 0 Å². The van der Waals surface area contributed by atoms with Crippen LogP contribution in [0.2, 0.25) is 5.02 Å². The summed E-state index contributed by atoms with van der Waals surface area (Å²) in [6, 6.07) is 4.04. The lowest BCUT2D eigenvalue weighted by Gasteiger charge is -2.30. The SMILES string of the molecule is C[C@H](O)C[C@H](C)Sc1nc2cc(Cl)c(N3CCNCC3)cc2[nH]1.Cl.Cl. The molecule has 2 atom stereocenters. The van der Waals surface area contributed by atoms with Crippen molar-refractivity contribution in [3.05, 3.63) is 17.2 Å². The molecule has 2 aromatic rings. The van der Waals surface area contributed by atoms with Gasteiger partial charge in [0, 0.05) is 31.4 Å². The summed E-state index contributed by atoms with van der Waals surface area (Å²) >= 11 is 8.12. The Morgan fingerprint density at radius 3 is 2.60 bits per heavy atom. The standard InChI is InChI=1S/C16H23ClN4OS.2ClH/c1-10(22)7-11(2)23-16-19-13-8-12(17)15(9-14(13)20-16)21-5-3-18-4-6-21;;/h8-11,18,22H,3-7H2,1-2H3,(H,19,20);2*1H/t10-,11-;;/m0../s1. The Balaban J connectivity index is 0.00000156. The number of hydrogen-bond acceptors (Lipinski definition) is 5. The third kappa shape index (κ3) is 5.81. The minimum absolute atomic E-state index is 0. The first-order valence-corrected chi connectivity index (χ1v) is 9.28. The van der Waals surface area contributed by atoms with E-state index in [1.54, 1.807) is 11.8 Å². The Hall–Kier alpha value is -0.370. The summed E-state index contributed by atoms with van der Waals surface area (Å²) in [6.07, 6.45) is 0.449. The maximum Gasteiger partial charge on any atom is 0.166 e. The highest BCUT2D eigenvalue weighted by Gasteiger charge is 2.17. The van der Waals surface area contributed by atoms with Crippen molar-refractivity contribution in [2.45, 2.75) is 36.8 Å². The molecule has 0 spiro atoms. The van der Waals surface area contributed by atoms with Gasteiger partial charge in [-0.2, -0.15) is 0 Å². The van der Waals surface area contributed by atoms with Gasteiger partial charge in [0.05, 0.1) is 27.8 Å². The van der Waals surface area contributed by atoms with Gasteiger partial charge < -0.3 is 20.3 Å². The maximum atomic E-state index is 9.49. The molecule has 9 heteroatoms. The van der Waals surface area contributed by atoms with Gasteiger partial charge >= 0.3 is 0 Å². The zero-order valence-electron chi connectivity index (χ0n) is 14.3. The van der Waals surface area contributed by atoms with Crippen LogP contribution < -0.4 is 10.2 Å². The Bertz CT molecular complexity index is 677. The number of H-pyrrole nitrogens is 1. The fraction of sp³-hybridized carbons (Fsp3) is 0.562. The molecule has 0 bridgehead atoms. The summed E-state index contributed by atoms with van der Waals surface area (Å²) in [4.78, 5) is 10.3. The molecule has 3 rings (SSSR count). The third-order valence-corrected chi connectivity index (χ3v) is 5.29. The van der Waals surface area contributed by atoms with Gasteiger partial charge in [0.1, 0.15) is 0 Å². The van der Waals surface area contributed by atoms with Gasteiger partial charge in [-0.3, -0.25) is 0 Å². The molecule has 0 unspecified atom stereocenters. The fourth-order valence-corrected chi connectivity index (χ4v) is 4.27. The van der Waals surface area contributed by atoms with Gasteiger partial charge in [-0.1, -0.05) is 30.3 Å². The number of anilines is 1. The largest absolute Gasteiger partial charge is 0.393 e. The number of benzene rings is 1. The van der Waals surface area contributed by atoms with Crippen molar-refractivity contribution in [2.24, 2.45) is 0 Å². The first-order chi connectivity index (χ1) is 11.0. The number of imidazole rings is 1. The van der Waals surface area contributed by atoms with Crippen molar-refractivity contribution in [1.29, 1.82) is 0 Å². The Kier molecular flexibility index (Phi) is 9.15. The van der Waals surface area contributed by atoms with Crippen LogP contribution in [-0.4, -0.2) is 52.6 Å². The number of hydrogen-bond donors (Lipinski definition) is 3. The second kappa shape index (κ2) is 10.1. The molecule has 1 aliphatic rings. The number of rotatable bonds is 5. The third-order valence-electron chi connectivity index (χ3n) is 3.97. The van der Waals surface area contributed by atoms with E-state index in [0.29, 0.717) is 5.25 Å². The normalized spacial score (nSPS) is 16.9. The molecule has 25 heavy (non-hydrogen) atoms. The number of thioether (sulfide) groups is 1. The molecule has 0 aliphatic carbocycles. The summed E-state index contributed by atoms with van der Waals surface area (Å²) in [7, 11) is 0. The van der Waals surface area contributed by atoms with E-state index in [0.717, 1.165) is 59.5 Å². The van der Waals surface area contributed by atoms with E-state index in [1.165, 1.54) is 0 Å². The predicted octanol–water partition coefficient (Wildman–Crippen LogP) is 3.72. The summed E-state index contributed by atoms with van der Waals surface area (Å²) in [5, 5.41) is 14.8. The first-order valence-electron chi connectivity index (χ1n) is 8.02. The molecule has 3 N–H and O–H groups in total. The topological polar surface area (TPSA) is 64.2 Å². The Morgan fingerprint density at radius 1 is 1.28 bits per heavy atom. The summed E-state index contributed by atoms with van der Waals surface area (Å²) in [5.74, 6) is 0. The molecule has 142 valence electrons. The van der Waals surface area contributed by atoms with E-state index in [4.69, 9.17) is 11.6 Å². The van der Waals surface area contributed by atoms with Gasteiger partial charge in [-0.05, 0) is 25.5 Å². The lowest BCUT2D eigenvalue weighted by molar-refractivity contribution is 0.185. The Labute approximate surface area is 170 Å². The van der Waals surface area contributed by atoms with Gasteiger partial charge in [-0.15, -0.1) is 24.8 Å². The molecule has 2 heterocycles. The molecule has 0 radical (unpaired) electrons. The van der Waals surface area contributed by atoms with Crippen molar-refractivity contribution in [3.63, 3.8) is 0 Å². The number of nitrogens with zero attached hydrogens (tertiary/aromatic N) is 2. The van der Waals surface area contributed by atoms with Crippen LogP contribution >= 0.6 is 48.2 Å². The van der Waals surface area contributed by atoms with Crippen LogP contribution in [0.15, 0.2) is 17.3 Å². The quantitative estimate of drug-likeness (QED) is 0.635. The van der Waals surface area contributed by atoms with Crippen molar-refractivity contribution in [3.8, 4) is 0 Å². The molecule has 0 saturated carbocycles. The van der Waals surface area contributed by atoms with E-state index in [2.05, 4.69) is 33.2 Å². The number of aliphatic hydroxyl groups is 1. The highest BCUT2D eigenvalue weighted by Crippen LogP contribution is 2.32. The van der Waals surface area contributed by atoms with Gasteiger partial charge in [-0.25, -0.2) is 4.98 Å². The van der Waals surface area contributed by atoms with Crippen LogP contribution in [0.25, 0.3) is 11.0 Å². The monoisotopic (exact) mass is 426 g/mol. The fourth-order valence-electron chi connectivity index (χ4n) is 2.92. The van der Waals surface area contributed by atoms with E-state index < -0.39 is 0 Å². The van der Waals surface area contributed by atoms with Crippen molar-refractivity contribution in [2.75, 3.05) is 31.1 Å². The predicted molar refractivity (Wildman–Crippen MR) is 112 cm³/mol. The highest BCUT2D eigenvalue weighted by molar-refractivity contribution is 7.99. The van der Waals surface area contributed by atoms with Crippen LogP contribution in [0.3, 0.4) is 0 Å². The molecular weight excluding hydrogens is 403 g/mol. The second-order valence-corrected chi connectivity index (χ2v) is 7.95. The number of fused-ring (bicyclic) bond motifs is 1. The maximum absolute atomic E-state index is 9.49. The lowest BCUT2D eigenvalue weighted by atomic mass is 10.2. The van der Waals surface area contributed by atoms with E-state index in [1.807, 2.05) is 13.0 Å². The molecule has 0 amide bonds. The number of aromatic nitrogens is 2. The van der Waals surface area contributed by atoms with Gasteiger partial charge in [0.2, 0.25) is 0 Å². The van der Waals surface area contributed by atoms with E-state index in [9.17, 15) is 5.11 Å². The molecule has 1 aromatic heterocycles. The minimum atomic E-state index is -0.296. The average molecular weight is 428 g/mol. The van der Waals surface area contributed by atoms with Crippen molar-refractivity contribution in [1.82, 2.24) is 15.3 Å². The summed E-state index contributed by atoms with van der Waals surface area (Å²) in [6.45, 7) is 7.81. The zero-order valence-corrected chi connectivity index (χ0v) is 17.5. The van der Waals surface area contributed by atoms with Crippen molar-refractivity contribution >= 4 is 64.9 Å². The number of halogens is 3. The van der Waals surface area contributed by atoms with Crippen LogP contribution in [0.4, 0.5) is 5.69 Å². The zero-order chi connectivity index (χ0) is 16.4. The molecular formula is C16H25Cl3N4OS. The van der Waals surface area contributed by atoms with Crippen LogP contribution in [0.5, 0.6) is 0 Å². The smallest absolute Gasteiger partial charge is 0.166 e. The second-order valence-electron chi connectivity index (χ2n) is 6.11. The molecule has 1 aliphatic heterocycles. The molecule has 5 nitrogen and oxygen atoms in total. The van der Waals surface area contributed by atoms with Gasteiger partial charge in [0.15, 0.2) is 5.16 Å². The average Bonchev–Trinajstić information content (AvgIpc) is 2.87. The van der Waals surface area contributed by atoms with E-state index >= 15 is 0 Å². The first kappa shape index (κ1) is 22.7. The number of aromatic amines is 1. The molecule has 1 fully saturated rings. The van der Waals surface area contributed by atoms with Gasteiger partial charge in [0.25, 0.3) is 0 Å². The van der Waals surface area contributed by atoms with Crippen molar-refractivity contribution < 1.29 is 5.11 Å². The number of nitrogens with one attached hydrogen (secondary N) is 2. The summed E-state index contributed by atoms with van der Waals surface area (Å²) < 4.78 is 0. The van der Waals surface area contributed by atoms with E-state index in [-0.39, 0.29) is 30.9 Å². The Morgan fingerprint density at radius 2 is 1.96 bits per heavy atom. The minimum Gasteiger partial charge on any atom is -0.393 e. The number of aliphatic hydroxyl groups excluding tert-OH is 1. The van der Waals surface area contributed by atoms with Crippen LogP contribution in [-0.2, 0) is 0 Å². The summed E-state index contributed by atoms with van der Waals surface area (Å²) in [5.41, 5.74) is 2.97. The lowest BCUT2D eigenvalue weighted by Crippen LogP contribution is -2.43. The molecule has 1 saturated heterocycles. The molecule has 1 aromatic carbocycles. The number of piperazine rings is 1.